The van der Waals surface area contributed by atoms with Gasteiger partial charge in [-0.25, -0.2) is 0 Å². The third-order valence-electron chi connectivity index (χ3n) is 3.11. The Hall–Kier alpha value is -1.09. The van der Waals surface area contributed by atoms with E-state index in [1.54, 1.807) is 6.20 Å². The van der Waals surface area contributed by atoms with Crippen molar-refractivity contribution in [3.05, 3.63) is 12.5 Å². The summed E-state index contributed by atoms with van der Waals surface area (Å²) < 4.78 is 7.43. The molecule has 2 aromatic heterocycles. The van der Waals surface area contributed by atoms with Crippen LogP contribution < -0.4 is 4.59 Å². The van der Waals surface area contributed by atoms with Crippen LogP contribution in [0, 0.1) is 0 Å². The van der Waals surface area contributed by atoms with E-state index in [2.05, 4.69) is 31.1 Å². The number of aliphatic hydroxyl groups is 3. The van der Waals surface area contributed by atoms with Crippen LogP contribution in [0.15, 0.2) is 12.5 Å². The molecular formula is C10H11N4O4Se. The molecule has 0 bridgehead atoms. The van der Waals surface area contributed by atoms with Crippen LogP contribution in [-0.4, -0.2) is 76.0 Å². The van der Waals surface area contributed by atoms with Gasteiger partial charge in [0.05, 0.1) is 0 Å². The molecule has 1 radical (unpaired) electrons. The molecule has 3 N–H and O–H groups in total. The first-order valence-electron chi connectivity index (χ1n) is 5.61. The van der Waals surface area contributed by atoms with Crippen molar-refractivity contribution >= 4 is 31.6 Å². The average Bonchev–Trinajstić information content (AvgIpc) is 2.94. The first kappa shape index (κ1) is 12.9. The number of hydrogen-bond acceptors (Lipinski definition) is 7. The van der Waals surface area contributed by atoms with E-state index in [4.69, 9.17) is 9.84 Å². The predicted octanol–water partition coefficient (Wildman–Crippen LogP) is -2.77. The molecule has 101 valence electrons. The minimum absolute atomic E-state index is 0.379. The van der Waals surface area contributed by atoms with Crippen molar-refractivity contribution in [1.29, 1.82) is 0 Å². The molecule has 0 saturated carbocycles. The van der Waals surface area contributed by atoms with E-state index in [9.17, 15) is 10.2 Å². The van der Waals surface area contributed by atoms with Crippen LogP contribution in [0.4, 0.5) is 0 Å². The van der Waals surface area contributed by atoms with Crippen LogP contribution in [0.3, 0.4) is 0 Å². The van der Waals surface area contributed by atoms with Gasteiger partial charge in [0.15, 0.2) is 0 Å². The van der Waals surface area contributed by atoms with Gasteiger partial charge in [-0.2, -0.15) is 0 Å². The van der Waals surface area contributed by atoms with E-state index in [-0.39, 0.29) is 6.61 Å². The van der Waals surface area contributed by atoms with Gasteiger partial charge in [-0.15, -0.1) is 0 Å². The summed E-state index contributed by atoms with van der Waals surface area (Å²) in [5, 5.41) is 33.6. The van der Waals surface area contributed by atoms with Gasteiger partial charge in [-0.1, -0.05) is 0 Å². The molecule has 1 aliphatic heterocycles. The fourth-order valence-electron chi connectivity index (χ4n) is 2.11. The zero-order valence-corrected chi connectivity index (χ0v) is 11.3. The fourth-order valence-corrected chi connectivity index (χ4v) is 2.51. The molecule has 0 amide bonds. The van der Waals surface area contributed by atoms with Crippen molar-refractivity contribution in [3.8, 4) is 0 Å². The quantitative estimate of drug-likeness (QED) is 0.511. The van der Waals surface area contributed by atoms with Crippen molar-refractivity contribution < 1.29 is 20.1 Å². The minimum atomic E-state index is -1.18. The molecule has 3 heterocycles. The van der Waals surface area contributed by atoms with Crippen molar-refractivity contribution in [2.45, 2.75) is 24.5 Å². The van der Waals surface area contributed by atoms with E-state index < -0.39 is 24.5 Å². The molecule has 0 aliphatic carbocycles. The molecule has 8 nitrogen and oxygen atoms in total. The van der Waals surface area contributed by atoms with Gasteiger partial charge in [0.25, 0.3) is 0 Å². The van der Waals surface area contributed by atoms with E-state index in [1.165, 1.54) is 11.0 Å². The first-order chi connectivity index (χ1) is 9.13. The van der Waals surface area contributed by atoms with Crippen molar-refractivity contribution in [3.63, 3.8) is 0 Å². The molecule has 19 heavy (non-hydrogen) atoms. The maximum absolute atomic E-state index is 9.96. The van der Waals surface area contributed by atoms with Crippen molar-refractivity contribution in [2.75, 3.05) is 6.61 Å². The summed E-state index contributed by atoms with van der Waals surface area (Å²) in [6.45, 7) is -0.379. The molecule has 4 atom stereocenters. The Morgan fingerprint density at radius 1 is 1.32 bits per heavy atom. The van der Waals surface area contributed by atoms with Crippen molar-refractivity contribution in [2.24, 2.45) is 0 Å². The van der Waals surface area contributed by atoms with E-state index >= 15 is 0 Å². The van der Waals surface area contributed by atoms with Crippen LogP contribution in [0.5, 0.6) is 0 Å². The van der Waals surface area contributed by atoms with Crippen LogP contribution in [0.1, 0.15) is 6.23 Å². The molecule has 3 rings (SSSR count). The molecule has 0 spiro atoms. The summed E-state index contributed by atoms with van der Waals surface area (Å²) in [5.74, 6) is 0. The number of aliphatic hydroxyl groups excluding tert-OH is 3. The summed E-state index contributed by atoms with van der Waals surface area (Å²) in [7, 11) is 0. The summed E-state index contributed by atoms with van der Waals surface area (Å²) in [6, 6.07) is 0. The number of fused-ring (bicyclic) bond motifs is 1. The zero-order chi connectivity index (χ0) is 13.6. The Morgan fingerprint density at radius 2 is 2.11 bits per heavy atom. The normalized spacial score (nSPS) is 31.1. The third kappa shape index (κ3) is 1.95. The maximum atomic E-state index is 9.96. The Morgan fingerprint density at radius 3 is 2.79 bits per heavy atom. The van der Waals surface area contributed by atoms with Gasteiger partial charge >= 0.3 is 115 Å². The Labute approximate surface area is 115 Å². The average molecular weight is 330 g/mol. The summed E-state index contributed by atoms with van der Waals surface area (Å²) in [4.78, 5) is 8.09. The van der Waals surface area contributed by atoms with Crippen LogP contribution in [0.25, 0.3) is 11.0 Å². The second kappa shape index (κ2) is 4.78. The van der Waals surface area contributed by atoms with E-state index in [1.807, 2.05) is 0 Å². The second-order valence-electron chi connectivity index (χ2n) is 4.23. The standard InChI is InChI=1S/C10H11N4O4Se/c15-2-5-6(16)7(17)10(18-5)14-8-4(1-13-14)9(19)12-3-11-8/h1,3,5-7,10,15-17H,2H2/t5-,6-,7-,10?/m1/s1. The number of rotatable bonds is 2. The van der Waals surface area contributed by atoms with Gasteiger partial charge in [0.1, 0.15) is 0 Å². The molecule has 1 fully saturated rings. The zero-order valence-electron chi connectivity index (χ0n) is 9.62. The molecular weight excluding hydrogens is 319 g/mol. The summed E-state index contributed by atoms with van der Waals surface area (Å²) in [5.41, 5.74) is 0.485. The van der Waals surface area contributed by atoms with Crippen molar-refractivity contribution in [1.82, 2.24) is 19.7 Å². The van der Waals surface area contributed by atoms with E-state index in [0.29, 0.717) is 15.6 Å². The van der Waals surface area contributed by atoms with Gasteiger partial charge < -0.3 is 0 Å². The number of ether oxygens (including phenoxy) is 1. The molecule has 1 saturated heterocycles. The molecule has 1 unspecified atom stereocenters. The number of aromatic nitrogens is 4. The molecule has 1 aliphatic rings. The first-order valence-corrected chi connectivity index (χ1v) is 6.47. The van der Waals surface area contributed by atoms with Crippen LogP contribution >= 0.6 is 0 Å². The SMILES string of the molecule is OC[C@H]1OC(n2ncc3c([Se])ncnc32)[C@H](O)[C@@H]1O. The summed E-state index contributed by atoms with van der Waals surface area (Å²) in [6.07, 6.45) is -1.15. The predicted molar refractivity (Wildman–Crippen MR) is 63.7 cm³/mol. The van der Waals surface area contributed by atoms with Gasteiger partial charge in [-0.3, -0.25) is 0 Å². The molecule has 2 aromatic rings. The molecule has 0 aromatic carbocycles. The van der Waals surface area contributed by atoms with Gasteiger partial charge in [0.2, 0.25) is 0 Å². The topological polar surface area (TPSA) is 114 Å². The van der Waals surface area contributed by atoms with Gasteiger partial charge in [0, 0.05) is 0 Å². The van der Waals surface area contributed by atoms with Crippen LogP contribution in [-0.2, 0) is 4.74 Å². The Kier molecular flexibility index (Phi) is 3.25. The Bertz CT molecular complexity index is 606. The van der Waals surface area contributed by atoms with Gasteiger partial charge in [-0.05, 0) is 0 Å². The van der Waals surface area contributed by atoms with Crippen LogP contribution in [0.2, 0.25) is 0 Å². The fraction of sp³-hybridized carbons (Fsp3) is 0.500. The summed E-state index contributed by atoms with van der Waals surface area (Å²) >= 11 is 2.79. The monoisotopic (exact) mass is 331 g/mol. The third-order valence-corrected chi connectivity index (χ3v) is 3.80. The molecule has 9 heteroatoms. The Balaban J connectivity index is 2.04. The second-order valence-corrected chi connectivity index (χ2v) is 5.05. The number of hydrogen-bond donors (Lipinski definition) is 3. The van der Waals surface area contributed by atoms with E-state index in [0.717, 1.165) is 0 Å². The number of nitrogens with zero attached hydrogens (tertiary/aromatic N) is 4.